The van der Waals surface area contributed by atoms with Crippen LogP contribution < -0.4 is 10.2 Å². The molecule has 0 bridgehead atoms. The molecule has 7 heteroatoms. The summed E-state index contributed by atoms with van der Waals surface area (Å²) in [6.45, 7) is 15.7. The van der Waals surface area contributed by atoms with Crippen molar-refractivity contribution in [3.05, 3.63) is 23.8 Å². The van der Waals surface area contributed by atoms with Crippen molar-refractivity contribution in [1.29, 1.82) is 0 Å². The van der Waals surface area contributed by atoms with E-state index in [2.05, 4.69) is 0 Å². The average molecular weight is 418 g/mol. The van der Waals surface area contributed by atoms with Crippen molar-refractivity contribution in [2.24, 2.45) is 5.92 Å². The van der Waals surface area contributed by atoms with Gasteiger partial charge in [0.2, 0.25) is 0 Å². The van der Waals surface area contributed by atoms with E-state index in [-0.39, 0.29) is 0 Å². The number of hydrogen-bond donors (Lipinski definition) is 0. The molecular formula is C23H35BO6. The normalized spacial score (nSPS) is 21.5. The van der Waals surface area contributed by atoms with Crippen molar-refractivity contribution in [2.45, 2.75) is 78.1 Å². The minimum atomic E-state index is -0.583. The molecule has 2 aliphatic rings. The fourth-order valence-electron chi connectivity index (χ4n) is 3.40. The van der Waals surface area contributed by atoms with Gasteiger partial charge in [-0.05, 0) is 90.9 Å². The molecule has 1 aromatic carbocycles. The number of carbonyl (C=O) groups is 1. The van der Waals surface area contributed by atoms with Crippen LogP contribution in [0.15, 0.2) is 18.2 Å². The van der Waals surface area contributed by atoms with Crippen LogP contribution in [0.2, 0.25) is 0 Å². The van der Waals surface area contributed by atoms with E-state index in [1.807, 2.05) is 54.5 Å². The Hall–Kier alpha value is -1.57. The van der Waals surface area contributed by atoms with Gasteiger partial charge in [-0.1, -0.05) is 0 Å². The van der Waals surface area contributed by atoms with E-state index >= 15 is 0 Å². The molecule has 2 saturated heterocycles. The summed E-state index contributed by atoms with van der Waals surface area (Å²) in [5.41, 5.74) is -0.343. The lowest BCUT2D eigenvalue weighted by molar-refractivity contribution is 0.00578. The molecule has 2 aliphatic heterocycles. The lowest BCUT2D eigenvalue weighted by Gasteiger charge is -2.32. The summed E-state index contributed by atoms with van der Waals surface area (Å²) < 4.78 is 29.5. The molecule has 6 nitrogen and oxygen atoms in total. The second-order valence-corrected chi connectivity index (χ2v) is 10.2. The average Bonchev–Trinajstić information content (AvgIpc) is 2.87. The van der Waals surface area contributed by atoms with E-state index in [1.165, 1.54) is 0 Å². The van der Waals surface area contributed by atoms with E-state index in [0.717, 1.165) is 31.5 Å². The minimum absolute atomic E-state index is 0.392. The molecule has 1 aromatic rings. The summed E-state index contributed by atoms with van der Waals surface area (Å²) in [4.78, 5) is 12.8. The smallest absolute Gasteiger partial charge is 0.493 e. The van der Waals surface area contributed by atoms with Gasteiger partial charge in [-0.15, -0.1) is 0 Å². The maximum atomic E-state index is 12.8. The number of benzene rings is 1. The highest BCUT2D eigenvalue weighted by atomic mass is 16.7. The second kappa shape index (κ2) is 8.52. The van der Waals surface area contributed by atoms with E-state index in [0.29, 0.717) is 23.8 Å². The molecule has 0 N–H and O–H groups in total. The van der Waals surface area contributed by atoms with Gasteiger partial charge in [0.1, 0.15) is 11.4 Å². The minimum Gasteiger partial charge on any atom is -0.493 e. The van der Waals surface area contributed by atoms with Crippen LogP contribution >= 0.6 is 0 Å². The molecule has 0 atom stereocenters. The van der Waals surface area contributed by atoms with E-state index < -0.39 is 29.9 Å². The van der Waals surface area contributed by atoms with E-state index in [9.17, 15) is 4.79 Å². The first kappa shape index (κ1) is 23.1. The topological polar surface area (TPSA) is 63.2 Å². The Morgan fingerprint density at radius 3 is 2.23 bits per heavy atom. The largest absolute Gasteiger partial charge is 0.494 e. The highest BCUT2D eigenvalue weighted by Gasteiger charge is 2.52. The molecule has 0 unspecified atom stereocenters. The third kappa shape index (κ3) is 5.57. The molecule has 3 rings (SSSR count). The zero-order chi connectivity index (χ0) is 22.2. The van der Waals surface area contributed by atoms with Crippen molar-refractivity contribution in [3.63, 3.8) is 0 Å². The van der Waals surface area contributed by atoms with Crippen LogP contribution in [-0.2, 0) is 18.8 Å². The number of carbonyl (C=O) groups excluding carboxylic acids is 1. The number of ether oxygens (including phenoxy) is 3. The van der Waals surface area contributed by atoms with Gasteiger partial charge in [0.15, 0.2) is 0 Å². The van der Waals surface area contributed by atoms with Crippen molar-refractivity contribution in [2.75, 3.05) is 19.8 Å². The predicted octanol–water partition coefficient (Wildman–Crippen LogP) is 3.75. The number of esters is 1. The Morgan fingerprint density at radius 2 is 1.67 bits per heavy atom. The van der Waals surface area contributed by atoms with Gasteiger partial charge in [-0.3, -0.25) is 0 Å². The molecule has 2 fully saturated rings. The quantitative estimate of drug-likeness (QED) is 0.536. The highest BCUT2D eigenvalue weighted by Crippen LogP contribution is 2.36. The second-order valence-electron chi connectivity index (χ2n) is 10.2. The van der Waals surface area contributed by atoms with Crippen LogP contribution in [0.5, 0.6) is 5.75 Å². The molecule has 30 heavy (non-hydrogen) atoms. The summed E-state index contributed by atoms with van der Waals surface area (Å²) in [5.74, 6) is 0.676. The molecule has 0 saturated carbocycles. The molecule has 2 heterocycles. The van der Waals surface area contributed by atoms with Crippen LogP contribution in [-0.4, -0.2) is 49.7 Å². The maximum absolute atomic E-state index is 12.8. The number of rotatable bonds is 5. The van der Waals surface area contributed by atoms with Crippen molar-refractivity contribution < 1.29 is 28.3 Å². The lowest BCUT2D eigenvalue weighted by atomic mass is 9.78. The zero-order valence-corrected chi connectivity index (χ0v) is 19.4. The van der Waals surface area contributed by atoms with Crippen LogP contribution in [0.4, 0.5) is 0 Å². The SMILES string of the molecule is CC(C)(C)OC(=O)c1cc(OCC2CCOCC2)cc(B2OC(C)(C)C(C)(C)O2)c1. The van der Waals surface area contributed by atoms with Crippen LogP contribution in [0.25, 0.3) is 0 Å². The van der Waals surface area contributed by atoms with Gasteiger partial charge in [0, 0.05) is 13.2 Å². The maximum Gasteiger partial charge on any atom is 0.494 e. The molecule has 0 spiro atoms. The molecule has 166 valence electrons. The molecule has 0 amide bonds. The summed E-state index contributed by atoms with van der Waals surface area (Å²) in [6, 6.07) is 5.41. The van der Waals surface area contributed by atoms with Crippen LogP contribution in [0.3, 0.4) is 0 Å². The fourth-order valence-corrected chi connectivity index (χ4v) is 3.40. The van der Waals surface area contributed by atoms with Gasteiger partial charge < -0.3 is 23.5 Å². The standard InChI is InChI=1S/C23H35BO6/c1-21(2,3)28-20(25)17-12-18(24-29-22(4,5)23(6,7)30-24)14-19(13-17)27-15-16-8-10-26-11-9-16/h12-14,16H,8-11,15H2,1-7H3. The van der Waals surface area contributed by atoms with E-state index in [4.69, 9.17) is 23.5 Å². The zero-order valence-electron chi connectivity index (χ0n) is 19.4. The summed E-state index contributed by atoms with van der Waals surface area (Å²) in [6.07, 6.45) is 1.96. The van der Waals surface area contributed by atoms with Crippen molar-refractivity contribution in [3.8, 4) is 5.75 Å². The Kier molecular flexibility index (Phi) is 6.56. The van der Waals surface area contributed by atoms with E-state index in [1.54, 1.807) is 12.1 Å². The molecular weight excluding hydrogens is 383 g/mol. The Bertz CT molecular complexity index is 745. The van der Waals surface area contributed by atoms with Gasteiger partial charge >= 0.3 is 13.1 Å². The Morgan fingerprint density at radius 1 is 1.07 bits per heavy atom. The van der Waals surface area contributed by atoms with Crippen molar-refractivity contribution in [1.82, 2.24) is 0 Å². The van der Waals surface area contributed by atoms with Gasteiger partial charge in [0.05, 0.1) is 23.4 Å². The predicted molar refractivity (Wildman–Crippen MR) is 116 cm³/mol. The van der Waals surface area contributed by atoms with Gasteiger partial charge in [-0.2, -0.15) is 0 Å². The summed E-state index contributed by atoms with van der Waals surface area (Å²) in [5, 5.41) is 0. The summed E-state index contributed by atoms with van der Waals surface area (Å²) >= 11 is 0. The van der Waals surface area contributed by atoms with Gasteiger partial charge in [0.25, 0.3) is 0 Å². The lowest BCUT2D eigenvalue weighted by Crippen LogP contribution is -2.41. The van der Waals surface area contributed by atoms with Crippen LogP contribution in [0, 0.1) is 5.92 Å². The molecule has 0 radical (unpaired) electrons. The monoisotopic (exact) mass is 418 g/mol. The van der Waals surface area contributed by atoms with Gasteiger partial charge in [-0.25, -0.2) is 4.79 Å². The van der Waals surface area contributed by atoms with Crippen molar-refractivity contribution >= 4 is 18.6 Å². The molecule has 0 aromatic heterocycles. The summed E-state index contributed by atoms with van der Waals surface area (Å²) in [7, 11) is -0.581. The number of hydrogen-bond acceptors (Lipinski definition) is 6. The molecule has 0 aliphatic carbocycles. The Balaban J connectivity index is 1.85. The first-order chi connectivity index (χ1) is 13.9. The fraction of sp³-hybridized carbons (Fsp3) is 0.696. The van der Waals surface area contributed by atoms with Crippen LogP contribution in [0.1, 0.15) is 71.7 Å². The Labute approximate surface area is 180 Å². The highest BCUT2D eigenvalue weighted by molar-refractivity contribution is 6.62. The first-order valence-electron chi connectivity index (χ1n) is 10.8. The third-order valence-electron chi connectivity index (χ3n) is 5.92. The third-order valence-corrected chi connectivity index (χ3v) is 5.92. The first-order valence-corrected chi connectivity index (χ1v) is 10.8.